The van der Waals surface area contributed by atoms with E-state index in [2.05, 4.69) is 10.5 Å². The summed E-state index contributed by atoms with van der Waals surface area (Å²) in [5.41, 5.74) is 2.63. The van der Waals surface area contributed by atoms with Gasteiger partial charge in [-0.25, -0.2) is 0 Å². The Hall–Kier alpha value is -3.22. The number of carbonyl (C=O) groups excluding carboxylic acids is 1. The van der Waals surface area contributed by atoms with Crippen LogP contribution in [0.4, 0.5) is 0 Å². The zero-order chi connectivity index (χ0) is 19.4. The van der Waals surface area contributed by atoms with Crippen molar-refractivity contribution in [2.24, 2.45) is 0 Å². The summed E-state index contributed by atoms with van der Waals surface area (Å²) in [5.74, 6) is 2.73. The summed E-state index contributed by atoms with van der Waals surface area (Å²) in [4.78, 5) is 12.4. The van der Waals surface area contributed by atoms with Crippen LogP contribution in [0.1, 0.15) is 38.9 Å². The third-order valence-corrected chi connectivity index (χ3v) is 4.35. The number of amides is 1. The first-order valence-electron chi connectivity index (χ1n) is 8.51. The van der Waals surface area contributed by atoms with E-state index in [0.717, 1.165) is 22.6 Å². The zero-order valence-corrected chi connectivity index (χ0v) is 15.8. The number of benzene rings is 1. The van der Waals surface area contributed by atoms with Crippen molar-refractivity contribution < 1.29 is 23.2 Å². The molecule has 1 amide bonds. The van der Waals surface area contributed by atoms with Gasteiger partial charge in [0.2, 0.25) is 0 Å². The van der Waals surface area contributed by atoms with Crippen molar-refractivity contribution in [3.8, 4) is 11.5 Å². The fourth-order valence-electron chi connectivity index (χ4n) is 2.78. The number of methoxy groups -OCH3 is 2. The lowest BCUT2D eigenvalue weighted by Gasteiger charge is -2.10. The Bertz CT molecular complexity index is 922. The Labute approximate surface area is 157 Å². The molecule has 142 valence electrons. The van der Waals surface area contributed by atoms with E-state index in [1.165, 1.54) is 0 Å². The lowest BCUT2D eigenvalue weighted by molar-refractivity contribution is 0.0921. The summed E-state index contributed by atoms with van der Waals surface area (Å²) in [5, 5.41) is 6.77. The van der Waals surface area contributed by atoms with Crippen LogP contribution in [0.15, 0.2) is 39.3 Å². The monoisotopic (exact) mass is 370 g/mol. The van der Waals surface area contributed by atoms with Gasteiger partial charge in [0.05, 0.1) is 19.9 Å². The van der Waals surface area contributed by atoms with Gasteiger partial charge in [0, 0.05) is 30.2 Å². The Kier molecular flexibility index (Phi) is 5.49. The first-order chi connectivity index (χ1) is 13.0. The molecule has 27 heavy (non-hydrogen) atoms. The summed E-state index contributed by atoms with van der Waals surface area (Å²) in [7, 11) is 3.17. The molecule has 2 heterocycles. The van der Waals surface area contributed by atoms with Crippen LogP contribution in [-0.2, 0) is 13.0 Å². The van der Waals surface area contributed by atoms with Gasteiger partial charge >= 0.3 is 0 Å². The molecule has 7 nitrogen and oxygen atoms in total. The van der Waals surface area contributed by atoms with Gasteiger partial charge in [0.15, 0.2) is 5.76 Å². The van der Waals surface area contributed by atoms with Crippen molar-refractivity contribution in [1.82, 2.24) is 10.5 Å². The molecule has 0 saturated heterocycles. The van der Waals surface area contributed by atoms with E-state index in [9.17, 15) is 4.79 Å². The predicted molar refractivity (Wildman–Crippen MR) is 98.2 cm³/mol. The van der Waals surface area contributed by atoms with Crippen LogP contribution in [0.25, 0.3) is 0 Å². The number of nitrogens with one attached hydrogen (secondary N) is 1. The molecular weight excluding hydrogens is 348 g/mol. The second kappa shape index (κ2) is 7.99. The van der Waals surface area contributed by atoms with E-state index in [-0.39, 0.29) is 11.7 Å². The molecule has 0 aliphatic carbocycles. The molecule has 0 spiro atoms. The molecule has 3 rings (SSSR count). The quantitative estimate of drug-likeness (QED) is 0.686. The van der Waals surface area contributed by atoms with Gasteiger partial charge < -0.3 is 23.7 Å². The molecule has 3 aromatic rings. The minimum absolute atomic E-state index is 0.254. The van der Waals surface area contributed by atoms with Gasteiger partial charge in [-0.2, -0.15) is 0 Å². The van der Waals surface area contributed by atoms with Crippen LogP contribution in [0.3, 0.4) is 0 Å². The average Bonchev–Trinajstić information content (AvgIpc) is 3.28. The highest BCUT2D eigenvalue weighted by atomic mass is 16.5. The number of furan rings is 1. The lowest BCUT2D eigenvalue weighted by Crippen LogP contribution is -2.22. The minimum Gasteiger partial charge on any atom is -0.497 e. The largest absolute Gasteiger partial charge is 0.497 e. The molecule has 0 atom stereocenters. The SMILES string of the molecule is COc1ccc(CNC(=O)c2ccc(Cc3c(C)noc3C)o2)c(OC)c1. The Morgan fingerprint density at radius 2 is 1.96 bits per heavy atom. The van der Waals surface area contributed by atoms with Gasteiger partial charge in [0.25, 0.3) is 5.91 Å². The van der Waals surface area contributed by atoms with Crippen molar-refractivity contribution in [1.29, 1.82) is 0 Å². The first kappa shape index (κ1) is 18.6. The molecule has 0 aliphatic rings. The molecule has 0 radical (unpaired) electrons. The summed E-state index contributed by atoms with van der Waals surface area (Å²) in [6.45, 7) is 4.05. The van der Waals surface area contributed by atoms with Crippen LogP contribution in [0.2, 0.25) is 0 Å². The molecule has 0 saturated carbocycles. The van der Waals surface area contributed by atoms with Crippen molar-refractivity contribution in [2.45, 2.75) is 26.8 Å². The van der Waals surface area contributed by atoms with Crippen LogP contribution in [-0.4, -0.2) is 25.3 Å². The van der Waals surface area contributed by atoms with Crippen LogP contribution >= 0.6 is 0 Å². The third-order valence-electron chi connectivity index (χ3n) is 4.35. The van der Waals surface area contributed by atoms with Crippen molar-refractivity contribution in [3.05, 3.63) is 64.4 Å². The highest BCUT2D eigenvalue weighted by Gasteiger charge is 2.15. The van der Waals surface area contributed by atoms with E-state index < -0.39 is 0 Å². The van der Waals surface area contributed by atoms with E-state index in [4.69, 9.17) is 18.4 Å². The van der Waals surface area contributed by atoms with Gasteiger partial charge in [-0.05, 0) is 38.1 Å². The fourth-order valence-corrected chi connectivity index (χ4v) is 2.78. The maximum atomic E-state index is 12.4. The number of hydrogen-bond donors (Lipinski definition) is 1. The van der Waals surface area contributed by atoms with Crippen LogP contribution < -0.4 is 14.8 Å². The number of rotatable bonds is 7. The summed E-state index contributed by atoms with van der Waals surface area (Å²) < 4.78 is 21.4. The molecule has 1 N–H and O–H groups in total. The number of nitrogens with zero attached hydrogens (tertiary/aromatic N) is 1. The molecular formula is C20H22N2O5. The lowest BCUT2D eigenvalue weighted by atomic mass is 10.1. The molecule has 1 aromatic carbocycles. The fraction of sp³-hybridized carbons (Fsp3) is 0.300. The number of ether oxygens (including phenoxy) is 2. The highest BCUT2D eigenvalue weighted by Crippen LogP contribution is 2.24. The molecule has 0 aliphatic heterocycles. The highest BCUT2D eigenvalue weighted by molar-refractivity contribution is 5.91. The third kappa shape index (κ3) is 4.13. The van der Waals surface area contributed by atoms with Crippen LogP contribution in [0.5, 0.6) is 11.5 Å². The summed E-state index contributed by atoms with van der Waals surface area (Å²) >= 11 is 0. The predicted octanol–water partition coefficient (Wildman–Crippen LogP) is 3.42. The Morgan fingerprint density at radius 1 is 1.15 bits per heavy atom. The number of aryl methyl sites for hydroxylation is 2. The zero-order valence-electron chi connectivity index (χ0n) is 15.8. The standard InChI is InChI=1S/C20H22N2O5/c1-12-17(13(2)27-22-12)9-16-7-8-18(26-16)20(23)21-11-14-5-6-15(24-3)10-19(14)25-4/h5-8,10H,9,11H2,1-4H3,(H,21,23). The average molecular weight is 370 g/mol. The number of carbonyl (C=O) groups is 1. The summed E-state index contributed by atoms with van der Waals surface area (Å²) in [6.07, 6.45) is 0.529. The van der Waals surface area contributed by atoms with E-state index in [0.29, 0.717) is 30.2 Å². The topological polar surface area (TPSA) is 86.7 Å². The second-order valence-electron chi connectivity index (χ2n) is 6.11. The first-order valence-corrected chi connectivity index (χ1v) is 8.51. The maximum absolute atomic E-state index is 12.4. The smallest absolute Gasteiger partial charge is 0.287 e. The van der Waals surface area contributed by atoms with Gasteiger partial charge in [-0.3, -0.25) is 4.79 Å². The minimum atomic E-state index is -0.294. The molecule has 2 aromatic heterocycles. The van der Waals surface area contributed by atoms with E-state index in [1.807, 2.05) is 26.0 Å². The summed E-state index contributed by atoms with van der Waals surface area (Å²) in [6, 6.07) is 8.89. The molecule has 7 heteroatoms. The normalized spacial score (nSPS) is 10.7. The molecule has 0 bridgehead atoms. The van der Waals surface area contributed by atoms with Crippen molar-refractivity contribution >= 4 is 5.91 Å². The van der Waals surface area contributed by atoms with Crippen molar-refractivity contribution in [2.75, 3.05) is 14.2 Å². The van der Waals surface area contributed by atoms with Crippen molar-refractivity contribution in [3.63, 3.8) is 0 Å². The molecule has 0 fully saturated rings. The Balaban J connectivity index is 1.65. The number of aromatic nitrogens is 1. The maximum Gasteiger partial charge on any atom is 0.287 e. The van der Waals surface area contributed by atoms with Gasteiger partial charge in [0.1, 0.15) is 23.0 Å². The number of hydrogen-bond acceptors (Lipinski definition) is 6. The Morgan fingerprint density at radius 3 is 2.63 bits per heavy atom. The van der Waals surface area contributed by atoms with Gasteiger partial charge in [-0.15, -0.1) is 0 Å². The van der Waals surface area contributed by atoms with E-state index >= 15 is 0 Å². The van der Waals surface area contributed by atoms with Gasteiger partial charge in [-0.1, -0.05) is 5.16 Å². The molecule has 0 unspecified atom stereocenters. The second-order valence-corrected chi connectivity index (χ2v) is 6.11. The van der Waals surface area contributed by atoms with E-state index in [1.54, 1.807) is 32.4 Å². The van der Waals surface area contributed by atoms with Crippen LogP contribution in [0, 0.1) is 13.8 Å².